The Morgan fingerprint density at radius 1 is 1.17 bits per heavy atom. The number of anilines is 1. The van der Waals surface area contributed by atoms with Crippen molar-refractivity contribution in [1.82, 2.24) is 14.7 Å². The molecule has 1 saturated carbocycles. The summed E-state index contributed by atoms with van der Waals surface area (Å²) in [5.74, 6) is 2.59. The van der Waals surface area contributed by atoms with E-state index in [1.165, 1.54) is 6.26 Å². The van der Waals surface area contributed by atoms with Crippen LogP contribution in [0.4, 0.5) is 5.82 Å². The molecule has 0 aliphatic heterocycles. The molecule has 2 N–H and O–H groups in total. The van der Waals surface area contributed by atoms with Crippen LogP contribution in [0.1, 0.15) is 70.3 Å². The predicted molar refractivity (Wildman–Crippen MR) is 97.8 cm³/mol. The largest absolute Gasteiger partial charge is 0.370 e. The second-order valence-electron chi connectivity index (χ2n) is 7.41. The first-order chi connectivity index (χ1) is 11.2. The van der Waals surface area contributed by atoms with E-state index in [1.807, 2.05) is 6.07 Å². The van der Waals surface area contributed by atoms with Gasteiger partial charge in [0.25, 0.3) is 0 Å². The van der Waals surface area contributed by atoms with Gasteiger partial charge in [0.15, 0.2) is 0 Å². The number of hydrogen-bond acceptors (Lipinski definition) is 5. The van der Waals surface area contributed by atoms with Gasteiger partial charge in [0, 0.05) is 30.3 Å². The lowest BCUT2D eigenvalue weighted by atomic mass is 10.0. The van der Waals surface area contributed by atoms with Crippen LogP contribution in [0.15, 0.2) is 6.07 Å². The molecule has 7 heteroatoms. The van der Waals surface area contributed by atoms with Crippen LogP contribution >= 0.6 is 0 Å². The van der Waals surface area contributed by atoms with E-state index in [9.17, 15) is 8.42 Å². The summed E-state index contributed by atoms with van der Waals surface area (Å²) < 4.78 is 25.8. The van der Waals surface area contributed by atoms with Gasteiger partial charge in [-0.15, -0.1) is 0 Å². The zero-order valence-electron chi connectivity index (χ0n) is 15.3. The summed E-state index contributed by atoms with van der Waals surface area (Å²) >= 11 is 0. The lowest BCUT2D eigenvalue weighted by Crippen LogP contribution is -2.39. The topological polar surface area (TPSA) is 84.0 Å². The van der Waals surface area contributed by atoms with Crippen LogP contribution in [0, 0.1) is 5.92 Å². The molecule has 0 amide bonds. The number of aromatic nitrogens is 2. The Morgan fingerprint density at radius 2 is 1.88 bits per heavy atom. The molecule has 1 aliphatic carbocycles. The maximum Gasteiger partial charge on any atom is 0.208 e. The van der Waals surface area contributed by atoms with Gasteiger partial charge in [-0.1, -0.05) is 34.1 Å². The van der Waals surface area contributed by atoms with E-state index in [0.29, 0.717) is 11.8 Å². The summed E-state index contributed by atoms with van der Waals surface area (Å²) in [6.07, 6.45) is 4.21. The Bertz CT molecular complexity index is 632. The summed E-state index contributed by atoms with van der Waals surface area (Å²) in [6, 6.07) is 2.02. The molecule has 0 spiro atoms. The van der Waals surface area contributed by atoms with E-state index >= 15 is 0 Å². The molecule has 1 aromatic heterocycles. The van der Waals surface area contributed by atoms with E-state index in [1.54, 1.807) is 0 Å². The van der Waals surface area contributed by atoms with Crippen LogP contribution in [0.3, 0.4) is 0 Å². The van der Waals surface area contributed by atoms with Crippen LogP contribution in [0.5, 0.6) is 0 Å². The molecule has 2 rings (SSSR count). The molecule has 0 aromatic carbocycles. The molecule has 0 bridgehead atoms. The summed E-state index contributed by atoms with van der Waals surface area (Å²) in [5.41, 5.74) is 1.04. The molecule has 1 heterocycles. The molecule has 1 fully saturated rings. The van der Waals surface area contributed by atoms with Gasteiger partial charge in [0.1, 0.15) is 11.6 Å². The predicted octanol–water partition coefficient (Wildman–Crippen LogP) is 2.85. The molecule has 2 unspecified atom stereocenters. The normalized spacial score (nSPS) is 21.6. The zero-order valence-corrected chi connectivity index (χ0v) is 16.2. The quantitative estimate of drug-likeness (QED) is 0.786. The smallest absolute Gasteiger partial charge is 0.208 e. The third-order valence-electron chi connectivity index (χ3n) is 4.44. The highest BCUT2D eigenvalue weighted by Gasteiger charge is 2.29. The average molecular weight is 355 g/mol. The number of hydrogen-bond donors (Lipinski definition) is 2. The van der Waals surface area contributed by atoms with Crippen molar-refractivity contribution in [3.8, 4) is 0 Å². The van der Waals surface area contributed by atoms with Crippen molar-refractivity contribution >= 4 is 15.8 Å². The maximum absolute atomic E-state index is 11.5. The van der Waals surface area contributed by atoms with Crippen molar-refractivity contribution in [2.45, 2.75) is 64.8 Å². The molecule has 0 saturated heterocycles. The van der Waals surface area contributed by atoms with Gasteiger partial charge in [0.2, 0.25) is 10.0 Å². The van der Waals surface area contributed by atoms with Crippen molar-refractivity contribution < 1.29 is 8.42 Å². The first kappa shape index (κ1) is 19.1. The Morgan fingerprint density at radius 3 is 2.46 bits per heavy atom. The Balaban J connectivity index is 2.08. The molecule has 1 aliphatic rings. The highest BCUT2D eigenvalue weighted by atomic mass is 32.2. The molecule has 0 radical (unpaired) electrons. The monoisotopic (exact) mass is 354 g/mol. The zero-order chi connectivity index (χ0) is 17.9. The maximum atomic E-state index is 11.5. The van der Waals surface area contributed by atoms with Crippen LogP contribution in [0.25, 0.3) is 0 Å². The first-order valence-corrected chi connectivity index (χ1v) is 10.6. The third-order valence-corrected chi connectivity index (χ3v) is 5.17. The molecule has 136 valence electrons. The van der Waals surface area contributed by atoms with Crippen LogP contribution in [-0.4, -0.2) is 37.2 Å². The van der Waals surface area contributed by atoms with Gasteiger partial charge < -0.3 is 5.32 Å². The highest BCUT2D eigenvalue weighted by Crippen LogP contribution is 2.27. The number of sulfonamides is 1. The Hall–Kier alpha value is -1.21. The lowest BCUT2D eigenvalue weighted by Gasteiger charge is -2.21. The van der Waals surface area contributed by atoms with E-state index in [4.69, 9.17) is 0 Å². The van der Waals surface area contributed by atoms with E-state index < -0.39 is 10.0 Å². The molecule has 24 heavy (non-hydrogen) atoms. The fraction of sp³-hybridized carbons (Fsp3) is 0.765. The van der Waals surface area contributed by atoms with Gasteiger partial charge >= 0.3 is 0 Å². The number of nitrogens with zero attached hydrogens (tertiary/aromatic N) is 2. The van der Waals surface area contributed by atoms with E-state index in [0.717, 1.165) is 43.1 Å². The van der Waals surface area contributed by atoms with Crippen molar-refractivity contribution in [2.75, 3.05) is 18.1 Å². The Labute approximate surface area is 145 Å². The third kappa shape index (κ3) is 5.41. The lowest BCUT2D eigenvalue weighted by molar-refractivity contribution is 0.463. The summed E-state index contributed by atoms with van der Waals surface area (Å²) in [5, 5.41) is 3.41. The van der Waals surface area contributed by atoms with Gasteiger partial charge in [0.05, 0.1) is 6.26 Å². The van der Waals surface area contributed by atoms with Gasteiger partial charge in [-0.25, -0.2) is 23.1 Å². The SMILES string of the molecule is CC(C)c1cc(NCC2CCCC2NS(C)(=O)=O)nc(C(C)C)n1. The molecular formula is C17H30N4O2S. The van der Waals surface area contributed by atoms with Gasteiger partial charge in [-0.3, -0.25) is 0 Å². The molecule has 6 nitrogen and oxygen atoms in total. The standard InChI is InChI=1S/C17H30N4O2S/c1-11(2)15-9-16(20-17(19-15)12(3)4)18-10-13-7-6-8-14(13)21-24(5,22)23/h9,11-14,21H,6-8,10H2,1-5H3,(H,18,19,20). The first-order valence-electron chi connectivity index (χ1n) is 8.75. The summed E-state index contributed by atoms with van der Waals surface area (Å²) in [4.78, 5) is 9.25. The minimum Gasteiger partial charge on any atom is -0.370 e. The molecular weight excluding hydrogens is 324 g/mol. The summed E-state index contributed by atoms with van der Waals surface area (Å²) in [7, 11) is -3.16. The van der Waals surface area contributed by atoms with Crippen LogP contribution < -0.4 is 10.0 Å². The van der Waals surface area contributed by atoms with Crippen LogP contribution in [-0.2, 0) is 10.0 Å². The average Bonchev–Trinajstić information content (AvgIpc) is 2.89. The molecule has 1 aromatic rings. The second-order valence-corrected chi connectivity index (χ2v) is 9.19. The summed E-state index contributed by atoms with van der Waals surface area (Å²) in [6.45, 7) is 9.15. The van der Waals surface area contributed by atoms with Crippen molar-refractivity contribution in [1.29, 1.82) is 0 Å². The van der Waals surface area contributed by atoms with E-state index in [-0.39, 0.29) is 12.0 Å². The van der Waals surface area contributed by atoms with Crippen molar-refractivity contribution in [2.24, 2.45) is 5.92 Å². The minimum absolute atomic E-state index is 0.0171. The number of nitrogens with one attached hydrogen (secondary N) is 2. The van der Waals surface area contributed by atoms with E-state index in [2.05, 4.69) is 47.7 Å². The minimum atomic E-state index is -3.16. The Kier molecular flexibility index (Phi) is 6.20. The van der Waals surface area contributed by atoms with Gasteiger partial charge in [-0.05, 0) is 24.7 Å². The van der Waals surface area contributed by atoms with Crippen molar-refractivity contribution in [3.63, 3.8) is 0 Å². The molecule has 2 atom stereocenters. The highest BCUT2D eigenvalue weighted by molar-refractivity contribution is 7.88. The number of rotatable bonds is 7. The van der Waals surface area contributed by atoms with Gasteiger partial charge in [-0.2, -0.15) is 0 Å². The van der Waals surface area contributed by atoms with Crippen molar-refractivity contribution in [3.05, 3.63) is 17.6 Å². The second kappa shape index (κ2) is 7.78. The fourth-order valence-corrected chi connectivity index (χ4v) is 3.94. The van der Waals surface area contributed by atoms with Crippen LogP contribution in [0.2, 0.25) is 0 Å². The fourth-order valence-electron chi connectivity index (χ4n) is 3.08.